The number of rotatable bonds is 10. The molecular formula is C34H41Cl2FN4O3. The van der Waals surface area contributed by atoms with Crippen LogP contribution in [0, 0.1) is 11.7 Å². The van der Waals surface area contributed by atoms with Gasteiger partial charge in [0.05, 0.1) is 12.6 Å². The van der Waals surface area contributed by atoms with E-state index in [1.807, 2.05) is 36.1 Å². The molecule has 1 amide bonds. The van der Waals surface area contributed by atoms with Crippen molar-refractivity contribution in [3.8, 4) is 22.6 Å². The first kappa shape index (κ1) is 32.5. The highest BCUT2D eigenvalue weighted by Crippen LogP contribution is 2.32. The summed E-state index contributed by atoms with van der Waals surface area (Å²) >= 11 is 12.5. The van der Waals surface area contributed by atoms with E-state index in [2.05, 4.69) is 9.80 Å². The fourth-order valence-electron chi connectivity index (χ4n) is 6.34. The molecule has 3 aromatic rings. The topological polar surface area (TPSA) is 82.3 Å². The van der Waals surface area contributed by atoms with Crippen molar-refractivity contribution < 1.29 is 19.0 Å². The van der Waals surface area contributed by atoms with E-state index >= 15 is 0 Å². The molecular weight excluding hydrogens is 602 g/mol. The van der Waals surface area contributed by atoms with Gasteiger partial charge in [0.2, 0.25) is 5.91 Å². The summed E-state index contributed by atoms with van der Waals surface area (Å²) in [6.45, 7) is 7.90. The summed E-state index contributed by atoms with van der Waals surface area (Å²) in [5.41, 5.74) is 10.1. The molecule has 44 heavy (non-hydrogen) atoms. The molecule has 3 N–H and O–H groups in total. The van der Waals surface area contributed by atoms with Gasteiger partial charge in [-0.05, 0) is 104 Å². The molecule has 2 saturated heterocycles. The van der Waals surface area contributed by atoms with Gasteiger partial charge in [-0.15, -0.1) is 0 Å². The van der Waals surface area contributed by atoms with Gasteiger partial charge in [0, 0.05) is 54.9 Å². The number of piperazine rings is 1. The third-order valence-electron chi connectivity index (χ3n) is 8.82. The number of carbonyl (C=O) groups is 1. The van der Waals surface area contributed by atoms with E-state index in [4.69, 9.17) is 33.7 Å². The van der Waals surface area contributed by atoms with E-state index in [1.165, 1.54) is 12.1 Å². The van der Waals surface area contributed by atoms with Crippen LogP contribution in [0.4, 0.5) is 4.39 Å². The maximum Gasteiger partial charge on any atom is 0.239 e. The molecule has 0 spiro atoms. The first-order valence-electron chi connectivity index (χ1n) is 15.4. The predicted octanol–water partition coefficient (Wildman–Crippen LogP) is 5.83. The van der Waals surface area contributed by atoms with Gasteiger partial charge in [-0.3, -0.25) is 9.69 Å². The third kappa shape index (κ3) is 8.03. The van der Waals surface area contributed by atoms with Crippen LogP contribution in [0.2, 0.25) is 10.0 Å². The van der Waals surface area contributed by atoms with Crippen LogP contribution in [-0.4, -0.2) is 84.2 Å². The van der Waals surface area contributed by atoms with E-state index in [0.29, 0.717) is 60.7 Å². The minimum Gasteiger partial charge on any atom is -0.508 e. The number of ether oxygens (including phenoxy) is 1. The number of amides is 1. The van der Waals surface area contributed by atoms with Crippen LogP contribution in [0.3, 0.4) is 0 Å². The molecule has 0 radical (unpaired) electrons. The number of hydrogen-bond donors (Lipinski definition) is 2. The quantitative estimate of drug-likeness (QED) is 0.290. The number of nitrogens with zero attached hydrogens (tertiary/aromatic N) is 3. The molecule has 0 aromatic heterocycles. The van der Waals surface area contributed by atoms with Crippen LogP contribution in [0.25, 0.3) is 11.1 Å². The molecule has 7 nitrogen and oxygen atoms in total. The summed E-state index contributed by atoms with van der Waals surface area (Å²) in [6, 6.07) is 15.3. The lowest BCUT2D eigenvalue weighted by Gasteiger charge is -2.39. The molecule has 0 saturated carbocycles. The average molecular weight is 644 g/mol. The second-order valence-electron chi connectivity index (χ2n) is 11.7. The lowest BCUT2D eigenvalue weighted by Crippen LogP contribution is -2.55. The van der Waals surface area contributed by atoms with Gasteiger partial charge < -0.3 is 25.4 Å². The summed E-state index contributed by atoms with van der Waals surface area (Å²) in [4.78, 5) is 19.8. The first-order chi connectivity index (χ1) is 21.2. The lowest BCUT2D eigenvalue weighted by molar-refractivity contribution is -0.136. The Balaban J connectivity index is 1.10. The number of piperidine rings is 1. The average Bonchev–Trinajstić information content (AvgIpc) is 3.01. The van der Waals surface area contributed by atoms with Gasteiger partial charge in [-0.1, -0.05) is 35.3 Å². The van der Waals surface area contributed by atoms with Gasteiger partial charge >= 0.3 is 0 Å². The minimum atomic E-state index is -0.519. The largest absolute Gasteiger partial charge is 0.508 e. The van der Waals surface area contributed by atoms with Crippen molar-refractivity contribution in [1.29, 1.82) is 0 Å². The number of nitrogens with two attached hydrogens (primary N) is 1. The Kier molecular flexibility index (Phi) is 11.0. The normalized spacial score (nSPS) is 17.5. The number of benzene rings is 3. The maximum absolute atomic E-state index is 14.5. The molecule has 3 aromatic carbocycles. The van der Waals surface area contributed by atoms with Crippen molar-refractivity contribution in [3.63, 3.8) is 0 Å². The molecule has 2 heterocycles. The van der Waals surface area contributed by atoms with Crippen molar-refractivity contribution >= 4 is 29.1 Å². The number of phenols is 1. The Morgan fingerprint density at radius 2 is 1.75 bits per heavy atom. The van der Waals surface area contributed by atoms with E-state index in [9.17, 15) is 14.3 Å². The number of hydrogen-bond acceptors (Lipinski definition) is 6. The maximum atomic E-state index is 14.5. The van der Waals surface area contributed by atoms with Gasteiger partial charge in [0.15, 0.2) is 0 Å². The SMILES string of the molecule is CCOc1cccc(F)c1CN1CCN(C(=O)C(N)C2CCN(CCc3cc(Cl)ccc3-c3cc(O)cc(Cl)c3)CC2)CC1. The Bertz CT molecular complexity index is 1420. The molecule has 5 rings (SSSR count). The summed E-state index contributed by atoms with van der Waals surface area (Å²) in [5, 5.41) is 11.2. The van der Waals surface area contributed by atoms with Gasteiger partial charge in [0.1, 0.15) is 17.3 Å². The van der Waals surface area contributed by atoms with Crippen molar-refractivity contribution in [2.24, 2.45) is 11.7 Å². The fourth-order valence-corrected chi connectivity index (χ4v) is 6.76. The second-order valence-corrected chi connectivity index (χ2v) is 12.6. The molecule has 2 aliphatic rings. The molecule has 2 aliphatic heterocycles. The number of aromatic hydroxyl groups is 1. The first-order valence-corrected chi connectivity index (χ1v) is 16.1. The number of halogens is 3. The summed E-state index contributed by atoms with van der Waals surface area (Å²) in [6.07, 6.45) is 2.53. The molecule has 0 aliphatic carbocycles. The second kappa shape index (κ2) is 14.9. The fraction of sp³-hybridized carbons (Fsp3) is 0.441. The van der Waals surface area contributed by atoms with Crippen LogP contribution < -0.4 is 10.5 Å². The zero-order valence-corrected chi connectivity index (χ0v) is 26.7. The smallest absolute Gasteiger partial charge is 0.239 e. The van der Waals surface area contributed by atoms with Crippen molar-refractivity contribution in [2.75, 3.05) is 52.4 Å². The van der Waals surface area contributed by atoms with Crippen molar-refractivity contribution in [2.45, 2.75) is 38.8 Å². The highest BCUT2D eigenvalue weighted by molar-refractivity contribution is 6.31. The molecule has 10 heteroatoms. The van der Waals surface area contributed by atoms with E-state index in [-0.39, 0.29) is 23.4 Å². The Morgan fingerprint density at radius 3 is 2.45 bits per heavy atom. The zero-order chi connectivity index (χ0) is 31.2. The van der Waals surface area contributed by atoms with Crippen molar-refractivity contribution in [3.05, 3.63) is 81.6 Å². The Labute approximate surface area is 269 Å². The summed E-state index contributed by atoms with van der Waals surface area (Å²) in [7, 11) is 0. The highest BCUT2D eigenvalue weighted by Gasteiger charge is 2.33. The minimum absolute atomic E-state index is 0.0114. The van der Waals surface area contributed by atoms with Crippen LogP contribution in [0.15, 0.2) is 54.6 Å². The molecule has 236 valence electrons. The number of phenolic OH excluding ortho intramolecular Hbond substituents is 1. The molecule has 1 unspecified atom stereocenters. The Morgan fingerprint density at radius 1 is 1.00 bits per heavy atom. The monoisotopic (exact) mass is 642 g/mol. The molecule has 2 fully saturated rings. The van der Waals surface area contributed by atoms with Gasteiger partial charge in [0.25, 0.3) is 0 Å². The standard InChI is InChI=1S/C34H41Cl2FN4O3/c1-2-44-32-5-3-4-31(37)30(32)22-40-14-16-41(17-15-40)34(43)33(38)23-8-11-39(12-9-23)13-10-24-18-26(35)6-7-29(24)25-19-27(36)21-28(42)20-25/h3-7,18-21,23,33,42H,2,8-17,22,38H2,1H3. The van der Waals surface area contributed by atoms with Gasteiger partial charge in [-0.25, -0.2) is 4.39 Å². The van der Waals surface area contributed by atoms with Crippen molar-refractivity contribution in [1.82, 2.24) is 14.7 Å². The third-order valence-corrected chi connectivity index (χ3v) is 9.28. The molecule has 0 bridgehead atoms. The zero-order valence-electron chi connectivity index (χ0n) is 25.2. The van der Waals surface area contributed by atoms with E-state index in [0.717, 1.165) is 55.6 Å². The Hall–Kier alpha value is -2.88. The summed E-state index contributed by atoms with van der Waals surface area (Å²) < 4.78 is 20.2. The predicted molar refractivity (Wildman–Crippen MR) is 174 cm³/mol. The van der Waals surface area contributed by atoms with Crippen LogP contribution in [0.1, 0.15) is 30.9 Å². The van der Waals surface area contributed by atoms with Crippen LogP contribution >= 0.6 is 23.2 Å². The summed E-state index contributed by atoms with van der Waals surface area (Å²) in [5.74, 6) is 0.588. The lowest BCUT2D eigenvalue weighted by atomic mass is 9.88. The van der Waals surface area contributed by atoms with Gasteiger partial charge in [-0.2, -0.15) is 0 Å². The number of carbonyl (C=O) groups excluding carboxylic acids is 1. The van der Waals surface area contributed by atoms with E-state index in [1.54, 1.807) is 18.2 Å². The van der Waals surface area contributed by atoms with Crippen LogP contribution in [-0.2, 0) is 17.8 Å². The molecule has 1 atom stereocenters. The van der Waals surface area contributed by atoms with E-state index < -0.39 is 6.04 Å². The number of likely N-dealkylation sites (tertiary alicyclic amines) is 1. The highest BCUT2D eigenvalue weighted by atomic mass is 35.5. The van der Waals surface area contributed by atoms with Crippen LogP contribution in [0.5, 0.6) is 11.5 Å².